The second-order valence-electron chi connectivity index (χ2n) is 5.07. The maximum absolute atomic E-state index is 5.63. The molecule has 5 heteroatoms. The van der Waals surface area contributed by atoms with E-state index in [2.05, 4.69) is 49.5 Å². The Morgan fingerprint density at radius 2 is 1.96 bits per heavy atom. The summed E-state index contributed by atoms with van der Waals surface area (Å²) in [7, 11) is 0. The Morgan fingerprint density at radius 1 is 1.17 bits per heavy atom. The molecule has 0 saturated heterocycles. The molecule has 2 aromatic carbocycles. The van der Waals surface area contributed by atoms with Gasteiger partial charge in [0.2, 0.25) is 0 Å². The molecule has 23 heavy (non-hydrogen) atoms. The van der Waals surface area contributed by atoms with Gasteiger partial charge in [-0.25, -0.2) is 10.8 Å². The highest BCUT2D eigenvalue weighted by molar-refractivity contribution is 9.10. The third kappa shape index (κ3) is 2.78. The van der Waals surface area contributed by atoms with Crippen LogP contribution in [0.1, 0.15) is 19.4 Å². The SMILES string of the molecule is CC.NNC1=Nc2ccccc2-c2[nH]c3ccc(Br)cc3c2C1. The minimum absolute atomic E-state index is 0.678. The van der Waals surface area contributed by atoms with Crippen molar-refractivity contribution in [3.63, 3.8) is 0 Å². The molecule has 0 atom stereocenters. The summed E-state index contributed by atoms with van der Waals surface area (Å²) in [5, 5.41) is 1.19. The smallest absolute Gasteiger partial charge is 0.121 e. The lowest BCUT2D eigenvalue weighted by molar-refractivity contribution is 0.993. The summed E-state index contributed by atoms with van der Waals surface area (Å²) in [5.41, 5.74) is 8.20. The number of nitrogens with two attached hydrogens (primary N) is 1. The average molecular weight is 371 g/mol. The van der Waals surface area contributed by atoms with E-state index in [1.807, 2.05) is 38.1 Å². The fraction of sp³-hybridized carbons (Fsp3) is 0.167. The molecule has 0 bridgehead atoms. The van der Waals surface area contributed by atoms with Gasteiger partial charge in [0.15, 0.2) is 0 Å². The number of benzene rings is 2. The minimum atomic E-state index is 0.678. The van der Waals surface area contributed by atoms with E-state index in [1.165, 1.54) is 10.9 Å². The number of fused-ring (bicyclic) bond motifs is 5. The molecule has 3 aromatic rings. The predicted molar refractivity (Wildman–Crippen MR) is 101 cm³/mol. The standard InChI is InChI=1S/C16H13BrN4.C2H6/c17-9-5-6-14-11(7-9)12-8-15(21-18)19-13-4-2-1-3-10(13)16(12)20-14;1-2/h1-7,20H,8,18H2,(H,19,21);1-2H3. The van der Waals surface area contributed by atoms with Crippen LogP contribution in [0.5, 0.6) is 0 Å². The number of aliphatic imine (C=N–C) groups is 1. The predicted octanol–water partition coefficient (Wildman–Crippen LogP) is 4.67. The molecule has 0 saturated carbocycles. The van der Waals surface area contributed by atoms with E-state index in [0.717, 1.165) is 32.8 Å². The monoisotopic (exact) mass is 370 g/mol. The lowest BCUT2D eigenvalue weighted by atomic mass is 10.0. The number of halogens is 1. The van der Waals surface area contributed by atoms with Gasteiger partial charge in [-0.3, -0.25) is 0 Å². The number of nitrogens with one attached hydrogen (secondary N) is 2. The third-order valence-electron chi connectivity index (χ3n) is 3.81. The zero-order valence-corrected chi connectivity index (χ0v) is 14.7. The quantitative estimate of drug-likeness (QED) is 0.397. The number of H-pyrrole nitrogens is 1. The molecule has 1 aromatic heterocycles. The molecule has 118 valence electrons. The Bertz CT molecular complexity index is 880. The van der Waals surface area contributed by atoms with Crippen molar-refractivity contribution >= 4 is 38.4 Å². The number of nitrogens with zero attached hydrogens (tertiary/aromatic N) is 1. The van der Waals surface area contributed by atoms with E-state index >= 15 is 0 Å². The van der Waals surface area contributed by atoms with E-state index in [1.54, 1.807) is 0 Å². The number of rotatable bonds is 0. The zero-order valence-electron chi connectivity index (χ0n) is 13.2. The number of para-hydroxylation sites is 1. The lowest BCUT2D eigenvalue weighted by Crippen LogP contribution is -2.31. The maximum Gasteiger partial charge on any atom is 0.121 e. The molecule has 4 rings (SSSR count). The maximum atomic E-state index is 5.63. The summed E-state index contributed by atoms with van der Waals surface area (Å²) in [6.45, 7) is 4.00. The Balaban J connectivity index is 0.000000753. The van der Waals surface area contributed by atoms with Gasteiger partial charge in [0.05, 0.1) is 11.4 Å². The Labute approximate surface area is 143 Å². The van der Waals surface area contributed by atoms with Crippen LogP contribution in [-0.2, 0) is 6.42 Å². The number of amidine groups is 1. The first kappa shape index (κ1) is 15.8. The van der Waals surface area contributed by atoms with Gasteiger partial charge < -0.3 is 10.4 Å². The number of aromatic amines is 1. The van der Waals surface area contributed by atoms with E-state index < -0.39 is 0 Å². The van der Waals surface area contributed by atoms with Crippen molar-refractivity contribution in [1.29, 1.82) is 0 Å². The molecular weight excluding hydrogens is 352 g/mol. The summed E-state index contributed by atoms with van der Waals surface area (Å²) < 4.78 is 1.06. The molecule has 2 heterocycles. The molecule has 0 radical (unpaired) electrons. The zero-order chi connectivity index (χ0) is 16.4. The van der Waals surface area contributed by atoms with Gasteiger partial charge in [0.25, 0.3) is 0 Å². The molecule has 0 spiro atoms. The topological polar surface area (TPSA) is 66.2 Å². The number of hydrogen-bond donors (Lipinski definition) is 3. The highest BCUT2D eigenvalue weighted by Crippen LogP contribution is 2.38. The molecule has 0 fully saturated rings. The van der Waals surface area contributed by atoms with Crippen LogP contribution in [0.15, 0.2) is 51.9 Å². The minimum Gasteiger partial charge on any atom is -0.354 e. The first-order valence-electron chi connectivity index (χ1n) is 7.70. The van der Waals surface area contributed by atoms with Crippen molar-refractivity contribution in [2.45, 2.75) is 20.3 Å². The summed E-state index contributed by atoms with van der Waals surface area (Å²) in [6.07, 6.45) is 0.678. The number of hydrogen-bond acceptors (Lipinski definition) is 3. The highest BCUT2D eigenvalue weighted by atomic mass is 79.9. The third-order valence-corrected chi connectivity index (χ3v) is 4.30. The molecule has 1 aliphatic heterocycles. The van der Waals surface area contributed by atoms with Crippen LogP contribution in [0.3, 0.4) is 0 Å². The van der Waals surface area contributed by atoms with Crippen LogP contribution >= 0.6 is 15.9 Å². The van der Waals surface area contributed by atoms with Gasteiger partial charge in [0, 0.05) is 27.4 Å². The summed E-state index contributed by atoms with van der Waals surface area (Å²) in [6, 6.07) is 14.4. The molecule has 0 amide bonds. The van der Waals surface area contributed by atoms with Gasteiger partial charge in [-0.1, -0.05) is 48.0 Å². The molecule has 0 aliphatic carbocycles. The average Bonchev–Trinajstić information content (AvgIpc) is 2.85. The van der Waals surface area contributed by atoms with Crippen LogP contribution in [-0.4, -0.2) is 10.8 Å². The van der Waals surface area contributed by atoms with Crippen LogP contribution in [0.4, 0.5) is 5.69 Å². The van der Waals surface area contributed by atoms with Crippen molar-refractivity contribution in [3.8, 4) is 11.3 Å². The van der Waals surface area contributed by atoms with E-state index in [9.17, 15) is 0 Å². The number of aromatic nitrogens is 1. The van der Waals surface area contributed by atoms with Gasteiger partial charge in [0.1, 0.15) is 5.84 Å². The van der Waals surface area contributed by atoms with E-state index in [-0.39, 0.29) is 0 Å². The normalized spacial score (nSPS) is 12.4. The van der Waals surface area contributed by atoms with Crippen LogP contribution < -0.4 is 11.3 Å². The second-order valence-corrected chi connectivity index (χ2v) is 5.98. The summed E-state index contributed by atoms with van der Waals surface area (Å²) in [4.78, 5) is 8.14. The Hall–Kier alpha value is -2.11. The second kappa shape index (κ2) is 6.56. The van der Waals surface area contributed by atoms with Crippen molar-refractivity contribution in [2.75, 3.05) is 0 Å². The molecule has 1 aliphatic rings. The fourth-order valence-electron chi connectivity index (χ4n) is 2.85. The van der Waals surface area contributed by atoms with Gasteiger partial charge >= 0.3 is 0 Å². The first-order valence-corrected chi connectivity index (χ1v) is 8.49. The van der Waals surface area contributed by atoms with Crippen molar-refractivity contribution in [2.24, 2.45) is 10.8 Å². The molecule has 4 nitrogen and oxygen atoms in total. The van der Waals surface area contributed by atoms with Crippen LogP contribution in [0, 0.1) is 0 Å². The summed E-state index contributed by atoms with van der Waals surface area (Å²) >= 11 is 3.54. The first-order chi connectivity index (χ1) is 11.3. The largest absolute Gasteiger partial charge is 0.354 e. The lowest BCUT2D eigenvalue weighted by Gasteiger charge is -2.03. The number of hydrazine groups is 1. The van der Waals surface area contributed by atoms with Crippen molar-refractivity contribution in [1.82, 2.24) is 10.4 Å². The van der Waals surface area contributed by atoms with E-state index in [4.69, 9.17) is 5.84 Å². The van der Waals surface area contributed by atoms with Crippen molar-refractivity contribution in [3.05, 3.63) is 52.5 Å². The molecule has 0 unspecified atom stereocenters. The fourth-order valence-corrected chi connectivity index (χ4v) is 3.21. The van der Waals surface area contributed by atoms with Gasteiger partial charge in [-0.2, -0.15) is 0 Å². The highest BCUT2D eigenvalue weighted by Gasteiger charge is 2.20. The van der Waals surface area contributed by atoms with Gasteiger partial charge in [-0.05, 0) is 29.8 Å². The van der Waals surface area contributed by atoms with Crippen LogP contribution in [0.2, 0.25) is 0 Å². The summed E-state index contributed by atoms with van der Waals surface area (Å²) in [5.74, 6) is 6.40. The van der Waals surface area contributed by atoms with E-state index in [0.29, 0.717) is 6.42 Å². The van der Waals surface area contributed by atoms with Gasteiger partial charge in [-0.15, -0.1) is 0 Å². The van der Waals surface area contributed by atoms with Crippen molar-refractivity contribution < 1.29 is 0 Å². The Morgan fingerprint density at radius 3 is 2.74 bits per heavy atom. The molecule has 4 N–H and O–H groups in total. The molecular formula is C18H19BrN4. The van der Waals surface area contributed by atoms with Crippen LogP contribution in [0.25, 0.3) is 22.2 Å². The Kier molecular flexibility index (Phi) is 4.50.